The zero-order chi connectivity index (χ0) is 7.00. The first-order chi connectivity index (χ1) is 3.25. The fraction of sp³-hybridized carbons (Fsp3) is 1.00. The van der Waals surface area contributed by atoms with E-state index in [0.717, 1.165) is 0 Å². The molecule has 0 aromatic carbocycles. The number of halogens is 5. The fourth-order valence-corrected chi connectivity index (χ4v) is 0. The van der Waals surface area contributed by atoms with Crippen LogP contribution in [0.25, 0.3) is 0 Å². The highest BCUT2D eigenvalue weighted by atomic mass is 19.4. The van der Waals surface area contributed by atoms with Crippen LogP contribution >= 0.6 is 0 Å². The molecule has 0 saturated carbocycles. The maximum absolute atomic E-state index is 10.8. The number of alkyl halides is 5. The van der Waals surface area contributed by atoms with Crippen LogP contribution in [0, 0.1) is 0 Å². The van der Waals surface area contributed by atoms with Gasteiger partial charge in [-0.15, -0.1) is 8.78 Å². The van der Waals surface area contributed by atoms with E-state index in [1.807, 2.05) is 0 Å². The molecule has 0 unspecified atom stereocenters. The topological polar surface area (TPSA) is 22.9 Å². The highest BCUT2D eigenvalue weighted by molar-refractivity contribution is 4.59. The number of hydrogen-bond donors (Lipinski definition) is 0. The Morgan fingerprint density at radius 2 is 1.00 bits per heavy atom. The number of rotatable bonds is 0. The second kappa shape index (κ2) is 1.54. The lowest BCUT2D eigenvalue weighted by Gasteiger charge is -2.05. The van der Waals surface area contributed by atoms with E-state index >= 15 is 0 Å². The van der Waals surface area contributed by atoms with Crippen molar-refractivity contribution in [2.45, 2.75) is 12.3 Å². The van der Waals surface area contributed by atoms with Crippen molar-refractivity contribution in [1.82, 2.24) is 0 Å². The summed E-state index contributed by atoms with van der Waals surface area (Å²) >= 11 is 0. The SMILES string of the molecule is [OH2+]C(F)(F)C(F)(F)F. The molecule has 50 valence electrons. The summed E-state index contributed by atoms with van der Waals surface area (Å²) in [6.45, 7) is 0. The Labute approximate surface area is 40.7 Å². The molecule has 0 bridgehead atoms. The van der Waals surface area contributed by atoms with Crippen LogP contribution in [0.4, 0.5) is 22.0 Å². The molecule has 0 aliphatic rings. The number of hydrogen-bond acceptors (Lipinski definition) is 0. The van der Waals surface area contributed by atoms with Crippen molar-refractivity contribution in [2.24, 2.45) is 0 Å². The second-order valence-corrected chi connectivity index (χ2v) is 1.07. The first-order valence-corrected chi connectivity index (χ1v) is 1.44. The molecule has 0 atom stereocenters. The van der Waals surface area contributed by atoms with Crippen LogP contribution in [-0.2, 0) is 0 Å². The van der Waals surface area contributed by atoms with Gasteiger partial charge in [0.05, 0.1) is 0 Å². The molecule has 0 amide bonds. The lowest BCUT2D eigenvalue weighted by Crippen LogP contribution is -2.35. The maximum Gasteiger partial charge on any atom is 0.570 e. The van der Waals surface area contributed by atoms with Crippen molar-refractivity contribution >= 4 is 0 Å². The minimum Gasteiger partial charge on any atom is -0.380 e. The van der Waals surface area contributed by atoms with Gasteiger partial charge in [0.1, 0.15) is 0 Å². The van der Waals surface area contributed by atoms with Crippen molar-refractivity contribution in [3.05, 3.63) is 0 Å². The van der Waals surface area contributed by atoms with Gasteiger partial charge < -0.3 is 5.11 Å². The quantitative estimate of drug-likeness (QED) is 0.349. The van der Waals surface area contributed by atoms with E-state index < -0.39 is 12.3 Å². The Balaban J connectivity index is 4.02. The largest absolute Gasteiger partial charge is 0.570 e. The molecule has 0 fully saturated rings. The van der Waals surface area contributed by atoms with Crippen LogP contribution in [0.2, 0.25) is 0 Å². The summed E-state index contributed by atoms with van der Waals surface area (Å²) < 4.78 is 53.4. The van der Waals surface area contributed by atoms with Gasteiger partial charge in [-0.1, -0.05) is 0 Å². The predicted molar refractivity (Wildman–Crippen MR) is 14.6 cm³/mol. The molecule has 0 aromatic heterocycles. The second-order valence-electron chi connectivity index (χ2n) is 1.07. The smallest absolute Gasteiger partial charge is 0.380 e. The van der Waals surface area contributed by atoms with Crippen LogP contribution in [0.1, 0.15) is 0 Å². The summed E-state index contributed by atoms with van der Waals surface area (Å²) in [6.07, 6.45) is -11.0. The molecule has 0 aliphatic carbocycles. The summed E-state index contributed by atoms with van der Waals surface area (Å²) in [5, 5.41) is 5.12. The van der Waals surface area contributed by atoms with E-state index in [-0.39, 0.29) is 0 Å². The molecule has 0 aromatic rings. The van der Waals surface area contributed by atoms with Gasteiger partial charge in [-0.3, -0.25) is 0 Å². The van der Waals surface area contributed by atoms with Crippen molar-refractivity contribution in [2.75, 3.05) is 0 Å². The summed E-state index contributed by atoms with van der Waals surface area (Å²) in [7, 11) is 0. The molecule has 0 spiro atoms. The van der Waals surface area contributed by atoms with Crippen LogP contribution in [0.15, 0.2) is 0 Å². The van der Waals surface area contributed by atoms with E-state index in [4.69, 9.17) is 5.11 Å². The van der Waals surface area contributed by atoms with Crippen LogP contribution < -0.4 is 0 Å². The minimum atomic E-state index is -5.73. The Morgan fingerprint density at radius 3 is 1.00 bits per heavy atom. The average Bonchev–Trinajstić information content (AvgIpc) is 1.25. The standard InChI is InChI=1S/C2HF5O/c3-1(4,5)2(6,7)8/h8H/p+1. The molecule has 0 rings (SSSR count). The van der Waals surface area contributed by atoms with E-state index in [9.17, 15) is 22.0 Å². The van der Waals surface area contributed by atoms with Crippen molar-refractivity contribution < 1.29 is 27.1 Å². The van der Waals surface area contributed by atoms with Crippen molar-refractivity contribution in [3.63, 3.8) is 0 Å². The van der Waals surface area contributed by atoms with E-state index in [0.29, 0.717) is 0 Å². The summed E-state index contributed by atoms with van der Waals surface area (Å²) in [5.41, 5.74) is 0. The van der Waals surface area contributed by atoms with E-state index in [2.05, 4.69) is 0 Å². The zero-order valence-electron chi connectivity index (χ0n) is 3.39. The average molecular weight is 137 g/mol. The molecule has 0 saturated heterocycles. The molecule has 2 N–H and O–H groups in total. The Bertz CT molecular complexity index is 65.4. The molecule has 0 aliphatic heterocycles. The van der Waals surface area contributed by atoms with Gasteiger partial charge in [0.15, 0.2) is 0 Å². The van der Waals surface area contributed by atoms with Gasteiger partial charge in [0.25, 0.3) is 0 Å². The van der Waals surface area contributed by atoms with Crippen molar-refractivity contribution in [3.8, 4) is 0 Å². The Kier molecular flexibility index (Phi) is 1.47. The van der Waals surface area contributed by atoms with Gasteiger partial charge in [0, 0.05) is 0 Å². The molecule has 8 heavy (non-hydrogen) atoms. The van der Waals surface area contributed by atoms with E-state index in [1.54, 1.807) is 0 Å². The minimum absolute atomic E-state index is 5.12. The Morgan fingerprint density at radius 1 is 0.875 bits per heavy atom. The van der Waals surface area contributed by atoms with Crippen LogP contribution in [0.3, 0.4) is 0 Å². The third-order valence-electron chi connectivity index (χ3n) is 0.356. The molecule has 0 heterocycles. The highest BCUT2D eigenvalue weighted by Crippen LogP contribution is 2.32. The van der Waals surface area contributed by atoms with Gasteiger partial charge in [0.2, 0.25) is 0 Å². The fourth-order valence-electron chi connectivity index (χ4n) is 0. The molecular formula is C2H2F5O+. The zero-order valence-corrected chi connectivity index (χ0v) is 3.39. The first-order valence-electron chi connectivity index (χ1n) is 1.44. The van der Waals surface area contributed by atoms with Gasteiger partial charge in [-0.05, 0) is 0 Å². The van der Waals surface area contributed by atoms with E-state index in [1.165, 1.54) is 0 Å². The van der Waals surface area contributed by atoms with Gasteiger partial charge in [-0.25, -0.2) is 0 Å². The lowest BCUT2D eigenvalue weighted by molar-refractivity contribution is -0.374. The maximum atomic E-state index is 10.8. The summed E-state index contributed by atoms with van der Waals surface area (Å²) in [5.74, 6) is 0. The monoisotopic (exact) mass is 137 g/mol. The summed E-state index contributed by atoms with van der Waals surface area (Å²) in [6, 6.07) is 0. The predicted octanol–water partition coefficient (Wildman–Crippen LogP) is 0.866. The van der Waals surface area contributed by atoms with Crippen molar-refractivity contribution in [1.29, 1.82) is 0 Å². The molecule has 1 nitrogen and oxygen atoms in total. The van der Waals surface area contributed by atoms with Crippen LogP contribution in [-0.4, -0.2) is 17.4 Å². The summed E-state index contributed by atoms with van der Waals surface area (Å²) in [4.78, 5) is 0. The Hall–Kier alpha value is -0.390. The molecule has 6 heteroatoms. The molecule has 0 radical (unpaired) electrons. The van der Waals surface area contributed by atoms with Gasteiger partial charge >= 0.3 is 12.3 Å². The first kappa shape index (κ1) is 7.61. The third-order valence-corrected chi connectivity index (χ3v) is 0.356. The highest BCUT2D eigenvalue weighted by Gasteiger charge is 2.63. The normalized spacial score (nSPS) is 14.2. The van der Waals surface area contributed by atoms with Gasteiger partial charge in [-0.2, -0.15) is 13.2 Å². The molecular weight excluding hydrogens is 135 g/mol. The van der Waals surface area contributed by atoms with Crippen LogP contribution in [0.5, 0.6) is 0 Å². The lowest BCUT2D eigenvalue weighted by atomic mass is 10.6. The third kappa shape index (κ3) is 1.61.